The molecule has 0 aromatic carbocycles. The molecule has 1 aliphatic rings. The van der Waals surface area contributed by atoms with Crippen LogP contribution in [-0.4, -0.2) is 0 Å². The molecule has 0 aliphatic heterocycles. The highest BCUT2D eigenvalue weighted by atomic mass is 14.2. The van der Waals surface area contributed by atoms with Gasteiger partial charge in [-0.1, -0.05) is 75.2 Å². The monoisotopic (exact) mass is 176 g/mol. The molecule has 12 heavy (non-hydrogen) atoms. The third-order valence-corrected chi connectivity index (χ3v) is 0.866. The van der Waals surface area contributed by atoms with Gasteiger partial charge in [0, 0.05) is 0 Å². The molecule has 1 aliphatic carbocycles. The van der Waals surface area contributed by atoms with E-state index < -0.39 is 0 Å². The van der Waals surface area contributed by atoms with Gasteiger partial charge in [0.1, 0.15) is 0 Å². The maximum absolute atomic E-state index is 2.28. The Morgan fingerprint density at radius 1 is 0.583 bits per heavy atom. The van der Waals surface area contributed by atoms with Crippen LogP contribution in [-0.2, 0) is 0 Å². The van der Waals surface area contributed by atoms with Crippen LogP contribution in [0.4, 0.5) is 0 Å². The maximum atomic E-state index is 2.28. The van der Waals surface area contributed by atoms with Crippen molar-refractivity contribution in [1.82, 2.24) is 0 Å². The lowest BCUT2D eigenvalue weighted by atomic mass is 10.5. The summed E-state index contributed by atoms with van der Waals surface area (Å²) in [6.45, 7) is 18.3. The predicted molar refractivity (Wildman–Crippen MR) is 63.8 cm³/mol. The van der Waals surface area contributed by atoms with Crippen molar-refractivity contribution in [2.75, 3.05) is 0 Å². The summed E-state index contributed by atoms with van der Waals surface area (Å²) in [6, 6.07) is 0. The summed E-state index contributed by atoms with van der Waals surface area (Å²) in [6.07, 6.45) is 2.97. The molecule has 0 N–H and O–H groups in total. The molecule has 0 heterocycles. The summed E-state index contributed by atoms with van der Waals surface area (Å²) >= 11 is 0. The van der Waals surface area contributed by atoms with Gasteiger partial charge in [-0.2, -0.15) is 0 Å². The van der Waals surface area contributed by atoms with E-state index in [9.17, 15) is 0 Å². The van der Waals surface area contributed by atoms with Crippen LogP contribution >= 0.6 is 0 Å². The Morgan fingerprint density at radius 2 is 0.667 bits per heavy atom. The number of hydrogen-bond acceptors (Lipinski definition) is 0. The van der Waals surface area contributed by atoms with Gasteiger partial charge in [-0.05, 0) is 5.92 Å². The Labute approximate surface area is 81.8 Å². The molecule has 0 aromatic heterocycles. The Bertz CT molecular complexity index is 19.2. The van der Waals surface area contributed by atoms with E-state index >= 15 is 0 Å². The second-order valence-corrected chi connectivity index (χ2v) is 1.68. The van der Waals surface area contributed by atoms with Crippen molar-refractivity contribution in [2.45, 2.75) is 75.2 Å². The van der Waals surface area contributed by atoms with E-state index in [4.69, 9.17) is 0 Å². The minimum absolute atomic E-state index is 1.08. The molecule has 0 radical (unpaired) electrons. The molecule has 0 nitrogen and oxygen atoms in total. The fourth-order valence-corrected chi connectivity index (χ4v) is 0.167. The van der Waals surface area contributed by atoms with Crippen molar-refractivity contribution in [3.05, 3.63) is 0 Å². The number of hydrogen-bond donors (Lipinski definition) is 0. The van der Waals surface area contributed by atoms with Crippen molar-refractivity contribution < 1.29 is 0 Å². The van der Waals surface area contributed by atoms with E-state index in [-0.39, 0.29) is 0 Å². The smallest absolute Gasteiger partial charge is 0.0443 e. The Balaban J connectivity index is -0.0000000360. The van der Waals surface area contributed by atoms with Gasteiger partial charge < -0.3 is 0 Å². The lowest BCUT2D eigenvalue weighted by Crippen LogP contribution is -1.42. The summed E-state index contributed by atoms with van der Waals surface area (Å²) in [4.78, 5) is 0. The summed E-state index contributed by atoms with van der Waals surface area (Å²) in [5.41, 5.74) is 0. The van der Waals surface area contributed by atoms with E-state index in [1.54, 1.807) is 0 Å². The molecule has 0 spiro atoms. The van der Waals surface area contributed by atoms with E-state index in [2.05, 4.69) is 6.92 Å². The van der Waals surface area contributed by atoms with Gasteiger partial charge in [0.15, 0.2) is 0 Å². The fourth-order valence-electron chi connectivity index (χ4n) is 0.167. The van der Waals surface area contributed by atoms with Gasteiger partial charge in [0.25, 0.3) is 0 Å². The third-order valence-electron chi connectivity index (χ3n) is 0.866. The Morgan fingerprint density at radius 3 is 0.667 bits per heavy atom. The Hall–Kier alpha value is 0. The van der Waals surface area contributed by atoms with E-state index in [1.807, 2.05) is 55.4 Å². The molecule has 0 saturated heterocycles. The highest BCUT2D eigenvalue weighted by molar-refractivity contribution is 4.65. The largest absolute Gasteiger partial charge is 0.0683 e. The first-order valence-corrected chi connectivity index (χ1v) is 5.89. The van der Waals surface area contributed by atoms with Crippen LogP contribution in [0.5, 0.6) is 0 Å². The third kappa shape index (κ3) is 90.0. The van der Waals surface area contributed by atoms with Crippen LogP contribution in [0.2, 0.25) is 0 Å². The summed E-state index contributed by atoms with van der Waals surface area (Å²) in [5.74, 6) is 1.08. The minimum atomic E-state index is 1.08. The SMILES string of the molecule is CC.CC.CC.CC.CC1CC1. The molecule has 0 unspecified atom stereocenters. The first kappa shape index (κ1) is 22.7. The Kier molecular flexibility index (Phi) is 83.2. The molecule has 0 amide bonds. The summed E-state index contributed by atoms with van der Waals surface area (Å²) in [5, 5.41) is 0. The normalized spacial score (nSPS) is 10.8. The van der Waals surface area contributed by atoms with Crippen molar-refractivity contribution in [2.24, 2.45) is 5.92 Å². The van der Waals surface area contributed by atoms with Crippen LogP contribution < -0.4 is 0 Å². The van der Waals surface area contributed by atoms with Crippen molar-refractivity contribution in [1.29, 1.82) is 0 Å². The minimum Gasteiger partial charge on any atom is -0.0683 e. The van der Waals surface area contributed by atoms with Gasteiger partial charge >= 0.3 is 0 Å². The van der Waals surface area contributed by atoms with Crippen LogP contribution in [0.15, 0.2) is 0 Å². The van der Waals surface area contributed by atoms with Gasteiger partial charge in [0.05, 0.1) is 0 Å². The van der Waals surface area contributed by atoms with Crippen molar-refractivity contribution >= 4 is 0 Å². The zero-order valence-electron chi connectivity index (χ0n) is 11.0. The molecule has 0 aromatic rings. The average molecular weight is 176 g/mol. The lowest BCUT2D eigenvalue weighted by molar-refractivity contribution is 0.983. The second kappa shape index (κ2) is 44.0. The van der Waals surface area contributed by atoms with Crippen molar-refractivity contribution in [3.63, 3.8) is 0 Å². The summed E-state index contributed by atoms with van der Waals surface area (Å²) < 4.78 is 0. The molecular formula is C12H32. The van der Waals surface area contributed by atoms with Gasteiger partial charge in [-0.25, -0.2) is 0 Å². The highest BCUT2D eigenvalue weighted by Crippen LogP contribution is 2.26. The summed E-state index contributed by atoms with van der Waals surface area (Å²) in [7, 11) is 0. The molecule has 0 heteroatoms. The topological polar surface area (TPSA) is 0 Å². The van der Waals surface area contributed by atoms with E-state index in [1.165, 1.54) is 12.8 Å². The molecular weight excluding hydrogens is 144 g/mol. The standard InChI is InChI=1S/C4H8.4C2H6/c1-4-2-3-4;4*1-2/h4H,2-3H2,1H3;4*1-2H3. The van der Waals surface area contributed by atoms with E-state index in [0.717, 1.165) is 5.92 Å². The fraction of sp³-hybridized carbons (Fsp3) is 1.00. The highest BCUT2D eigenvalue weighted by Gasteiger charge is 2.12. The van der Waals surface area contributed by atoms with Crippen LogP contribution in [0.1, 0.15) is 75.2 Å². The van der Waals surface area contributed by atoms with Gasteiger partial charge in [-0.15, -0.1) is 0 Å². The first-order valence-electron chi connectivity index (χ1n) is 5.89. The zero-order valence-corrected chi connectivity index (χ0v) is 11.0. The van der Waals surface area contributed by atoms with Crippen LogP contribution in [0.25, 0.3) is 0 Å². The molecule has 0 atom stereocenters. The average Bonchev–Trinajstić information content (AvgIpc) is 3.01. The molecule has 0 bridgehead atoms. The molecule has 1 fully saturated rings. The quantitative estimate of drug-likeness (QED) is 0.456. The van der Waals surface area contributed by atoms with Crippen LogP contribution in [0, 0.1) is 5.92 Å². The van der Waals surface area contributed by atoms with Crippen LogP contribution in [0.3, 0.4) is 0 Å². The molecule has 1 saturated carbocycles. The van der Waals surface area contributed by atoms with Gasteiger partial charge in [-0.3, -0.25) is 0 Å². The van der Waals surface area contributed by atoms with E-state index in [0.29, 0.717) is 0 Å². The first-order chi connectivity index (χ1) is 5.89. The molecule has 1 rings (SSSR count). The maximum Gasteiger partial charge on any atom is -0.0443 e. The zero-order chi connectivity index (χ0) is 11.0. The second-order valence-electron chi connectivity index (χ2n) is 1.68. The predicted octanol–water partition coefficient (Wildman–Crippen LogP) is 5.52. The van der Waals surface area contributed by atoms with Gasteiger partial charge in [0.2, 0.25) is 0 Å². The van der Waals surface area contributed by atoms with Crippen molar-refractivity contribution in [3.8, 4) is 0 Å². The lowest BCUT2D eigenvalue weighted by Gasteiger charge is -1.53. The number of rotatable bonds is 0. The molecule has 80 valence electrons.